The molecule has 0 aliphatic heterocycles. The first-order chi connectivity index (χ1) is 9.47. The van der Waals surface area contributed by atoms with Gasteiger partial charge in [-0.2, -0.15) is 0 Å². The minimum atomic E-state index is -0.403. The summed E-state index contributed by atoms with van der Waals surface area (Å²) in [5, 5.41) is 13.4. The summed E-state index contributed by atoms with van der Waals surface area (Å²) in [6, 6.07) is 10.1. The number of para-hydroxylation sites is 1. The van der Waals surface area contributed by atoms with Gasteiger partial charge in [0.25, 0.3) is 0 Å². The Balaban J connectivity index is 2.08. The lowest BCUT2D eigenvalue weighted by Crippen LogP contribution is -2.36. The fourth-order valence-corrected chi connectivity index (χ4v) is 2.59. The second-order valence-electron chi connectivity index (χ2n) is 5.48. The molecule has 0 saturated heterocycles. The van der Waals surface area contributed by atoms with Crippen LogP contribution < -0.4 is 5.32 Å². The van der Waals surface area contributed by atoms with Crippen LogP contribution in [0.15, 0.2) is 30.3 Å². The molecule has 0 bridgehead atoms. The van der Waals surface area contributed by atoms with Crippen molar-refractivity contribution in [2.75, 3.05) is 0 Å². The quantitative estimate of drug-likeness (QED) is 0.878. The molecule has 4 heteroatoms. The van der Waals surface area contributed by atoms with Gasteiger partial charge in [0, 0.05) is 17.3 Å². The lowest BCUT2D eigenvalue weighted by Gasteiger charge is -2.16. The third kappa shape index (κ3) is 3.39. The van der Waals surface area contributed by atoms with Gasteiger partial charge in [0.05, 0.1) is 6.10 Å². The van der Waals surface area contributed by atoms with E-state index in [0.717, 1.165) is 16.6 Å². The van der Waals surface area contributed by atoms with Crippen LogP contribution in [0.1, 0.15) is 26.0 Å². The van der Waals surface area contributed by atoms with Crippen LogP contribution in [0.25, 0.3) is 10.9 Å². The normalized spacial score (nSPS) is 14.2. The van der Waals surface area contributed by atoms with Gasteiger partial charge in [-0.25, -0.2) is 0 Å². The Morgan fingerprint density at radius 2 is 2.05 bits per heavy atom. The highest BCUT2D eigenvalue weighted by atomic mass is 16.3. The number of carbonyl (C=O) groups is 1. The number of fused-ring (bicyclic) bond motifs is 1. The summed E-state index contributed by atoms with van der Waals surface area (Å²) in [5.41, 5.74) is 2.15. The maximum Gasteiger partial charge on any atom is 0.240 e. The van der Waals surface area contributed by atoms with Crippen molar-refractivity contribution in [1.82, 2.24) is 9.88 Å². The summed E-state index contributed by atoms with van der Waals surface area (Å²) in [6.45, 7) is 5.95. The maximum absolute atomic E-state index is 12.1. The van der Waals surface area contributed by atoms with E-state index in [1.807, 2.05) is 42.7 Å². The predicted molar refractivity (Wildman–Crippen MR) is 80.6 cm³/mol. The highest BCUT2D eigenvalue weighted by molar-refractivity contribution is 5.84. The number of aliphatic hydroxyl groups excluding tert-OH is 1. The molecule has 1 amide bonds. The first-order valence-electron chi connectivity index (χ1n) is 6.99. The number of hydrogen-bond donors (Lipinski definition) is 2. The number of aliphatic hydroxyl groups is 1. The van der Waals surface area contributed by atoms with Crippen LogP contribution in [-0.2, 0) is 11.3 Å². The highest BCUT2D eigenvalue weighted by Crippen LogP contribution is 2.18. The molecule has 0 radical (unpaired) electrons. The van der Waals surface area contributed by atoms with Gasteiger partial charge in [-0.3, -0.25) is 4.79 Å². The number of rotatable bonds is 5. The summed E-state index contributed by atoms with van der Waals surface area (Å²) >= 11 is 0. The average Bonchev–Trinajstić information content (AvgIpc) is 2.65. The molecule has 0 spiro atoms. The Morgan fingerprint density at radius 3 is 2.75 bits per heavy atom. The van der Waals surface area contributed by atoms with Crippen molar-refractivity contribution in [3.63, 3.8) is 0 Å². The van der Waals surface area contributed by atoms with E-state index in [1.54, 1.807) is 6.92 Å². The molecule has 1 heterocycles. The van der Waals surface area contributed by atoms with E-state index in [2.05, 4.69) is 11.4 Å². The Hall–Kier alpha value is -1.81. The van der Waals surface area contributed by atoms with Crippen LogP contribution in [0, 0.1) is 6.92 Å². The first kappa shape index (κ1) is 14.6. The second-order valence-corrected chi connectivity index (χ2v) is 5.48. The van der Waals surface area contributed by atoms with E-state index in [-0.39, 0.29) is 11.9 Å². The molecule has 2 atom stereocenters. The van der Waals surface area contributed by atoms with Crippen molar-refractivity contribution in [3.05, 3.63) is 36.0 Å². The van der Waals surface area contributed by atoms with Crippen LogP contribution in [-0.4, -0.2) is 27.7 Å². The fourth-order valence-electron chi connectivity index (χ4n) is 2.59. The average molecular weight is 274 g/mol. The first-order valence-corrected chi connectivity index (χ1v) is 6.99. The Bertz CT molecular complexity index is 602. The van der Waals surface area contributed by atoms with Crippen LogP contribution >= 0.6 is 0 Å². The molecular weight excluding hydrogens is 252 g/mol. The van der Waals surface area contributed by atoms with Crippen molar-refractivity contribution >= 4 is 16.8 Å². The molecule has 20 heavy (non-hydrogen) atoms. The summed E-state index contributed by atoms with van der Waals surface area (Å²) in [5.74, 6) is -0.0254. The van der Waals surface area contributed by atoms with Crippen molar-refractivity contribution in [1.29, 1.82) is 0 Å². The number of nitrogens with zero attached hydrogens (tertiary/aromatic N) is 1. The zero-order chi connectivity index (χ0) is 14.7. The standard InChI is InChI=1S/C16H22N2O2/c1-11(8-13(3)19)17-16(20)10-18-12(2)9-14-6-4-5-7-15(14)18/h4-7,9,11,13,19H,8,10H2,1-3H3,(H,17,20). The smallest absolute Gasteiger partial charge is 0.240 e. The molecule has 1 aromatic carbocycles. The topological polar surface area (TPSA) is 54.3 Å². The number of amides is 1. The number of aromatic nitrogens is 1. The lowest BCUT2D eigenvalue weighted by molar-refractivity contribution is -0.122. The Kier molecular flexibility index (Phi) is 4.45. The molecule has 2 aromatic rings. The summed E-state index contributed by atoms with van der Waals surface area (Å²) in [4.78, 5) is 12.1. The lowest BCUT2D eigenvalue weighted by atomic mass is 10.1. The second kappa shape index (κ2) is 6.09. The predicted octanol–water partition coefficient (Wildman–Crippen LogP) is 2.23. The van der Waals surface area contributed by atoms with E-state index < -0.39 is 6.10 Å². The van der Waals surface area contributed by atoms with Crippen LogP contribution in [0.3, 0.4) is 0 Å². The zero-order valence-corrected chi connectivity index (χ0v) is 12.3. The number of nitrogens with one attached hydrogen (secondary N) is 1. The fraction of sp³-hybridized carbons (Fsp3) is 0.438. The molecule has 2 unspecified atom stereocenters. The van der Waals surface area contributed by atoms with E-state index in [9.17, 15) is 9.90 Å². The van der Waals surface area contributed by atoms with E-state index in [4.69, 9.17) is 0 Å². The van der Waals surface area contributed by atoms with Crippen molar-refractivity contribution in [2.45, 2.75) is 45.9 Å². The molecule has 1 aromatic heterocycles. The molecule has 0 aliphatic rings. The summed E-state index contributed by atoms with van der Waals surface area (Å²) < 4.78 is 2.01. The molecule has 2 N–H and O–H groups in total. The number of aryl methyl sites for hydroxylation is 1. The van der Waals surface area contributed by atoms with Gasteiger partial charge in [-0.05, 0) is 44.7 Å². The van der Waals surface area contributed by atoms with Crippen LogP contribution in [0.5, 0.6) is 0 Å². The minimum absolute atomic E-state index is 0.0235. The summed E-state index contributed by atoms with van der Waals surface area (Å²) in [6.07, 6.45) is 0.163. The number of benzene rings is 1. The van der Waals surface area contributed by atoms with Crippen LogP contribution in [0.2, 0.25) is 0 Å². The molecule has 0 fully saturated rings. The molecule has 2 rings (SSSR count). The minimum Gasteiger partial charge on any atom is -0.393 e. The van der Waals surface area contributed by atoms with Crippen molar-refractivity contribution in [2.24, 2.45) is 0 Å². The zero-order valence-electron chi connectivity index (χ0n) is 12.3. The largest absolute Gasteiger partial charge is 0.393 e. The van der Waals surface area contributed by atoms with Gasteiger partial charge in [0.2, 0.25) is 5.91 Å². The van der Waals surface area contributed by atoms with E-state index in [1.165, 1.54) is 0 Å². The Labute approximate surface area is 119 Å². The molecule has 4 nitrogen and oxygen atoms in total. The van der Waals surface area contributed by atoms with Crippen molar-refractivity contribution in [3.8, 4) is 0 Å². The van der Waals surface area contributed by atoms with Crippen molar-refractivity contribution < 1.29 is 9.90 Å². The molecule has 0 aliphatic carbocycles. The van der Waals surface area contributed by atoms with Crippen LogP contribution in [0.4, 0.5) is 0 Å². The van der Waals surface area contributed by atoms with Gasteiger partial charge in [-0.1, -0.05) is 18.2 Å². The van der Waals surface area contributed by atoms with Gasteiger partial charge in [-0.15, -0.1) is 0 Å². The SMILES string of the molecule is Cc1cc2ccccc2n1CC(=O)NC(C)CC(C)O. The van der Waals surface area contributed by atoms with Gasteiger partial charge in [0.15, 0.2) is 0 Å². The third-order valence-corrected chi connectivity index (χ3v) is 3.42. The highest BCUT2D eigenvalue weighted by Gasteiger charge is 2.12. The maximum atomic E-state index is 12.1. The van der Waals surface area contributed by atoms with Gasteiger partial charge in [0.1, 0.15) is 6.54 Å². The molecule has 108 valence electrons. The van der Waals surface area contributed by atoms with E-state index in [0.29, 0.717) is 13.0 Å². The van der Waals surface area contributed by atoms with E-state index >= 15 is 0 Å². The Morgan fingerprint density at radius 1 is 1.35 bits per heavy atom. The monoisotopic (exact) mass is 274 g/mol. The third-order valence-electron chi connectivity index (χ3n) is 3.42. The van der Waals surface area contributed by atoms with Gasteiger partial charge < -0.3 is 15.0 Å². The number of carbonyl (C=O) groups excluding carboxylic acids is 1. The summed E-state index contributed by atoms with van der Waals surface area (Å²) in [7, 11) is 0. The molecule has 0 saturated carbocycles. The molecular formula is C16H22N2O2. The number of hydrogen-bond acceptors (Lipinski definition) is 2. The van der Waals surface area contributed by atoms with Gasteiger partial charge >= 0.3 is 0 Å².